The van der Waals surface area contributed by atoms with Gasteiger partial charge in [-0.15, -0.1) is 0 Å². The number of methoxy groups -OCH3 is 1. The predicted molar refractivity (Wildman–Crippen MR) is 116 cm³/mol. The Kier molecular flexibility index (Phi) is 7.28. The molecule has 1 N–H and O–H groups in total. The smallest absolute Gasteiger partial charge is 0.305 e. The lowest BCUT2D eigenvalue weighted by Crippen LogP contribution is -2.02. The number of ether oxygens (including phenoxy) is 2. The largest absolute Gasteiger partial charge is 0.489 e. The summed E-state index contributed by atoms with van der Waals surface area (Å²) in [6.45, 7) is 3.42. The summed E-state index contributed by atoms with van der Waals surface area (Å²) in [5, 5.41) is 3.47. The van der Waals surface area contributed by atoms with Crippen LogP contribution in [0.15, 0.2) is 72.8 Å². The van der Waals surface area contributed by atoms with Gasteiger partial charge in [0, 0.05) is 18.7 Å². The molecule has 3 aromatic rings. The first-order chi connectivity index (χ1) is 14.1. The summed E-state index contributed by atoms with van der Waals surface area (Å²) < 4.78 is 10.5. The highest BCUT2D eigenvalue weighted by atomic mass is 16.5. The maximum Gasteiger partial charge on any atom is 0.305 e. The van der Waals surface area contributed by atoms with Crippen molar-refractivity contribution in [2.24, 2.45) is 0 Å². The van der Waals surface area contributed by atoms with Crippen LogP contribution in [0.25, 0.3) is 0 Å². The minimum atomic E-state index is -0.192. The Hall–Kier alpha value is -3.27. The lowest BCUT2D eigenvalue weighted by molar-refractivity contribution is -0.140. The summed E-state index contributed by atoms with van der Waals surface area (Å²) >= 11 is 0. The lowest BCUT2D eigenvalue weighted by atomic mass is 10.1. The molecule has 3 rings (SSSR count). The first-order valence-electron chi connectivity index (χ1n) is 9.80. The van der Waals surface area contributed by atoms with Gasteiger partial charge >= 0.3 is 5.97 Å². The Balaban J connectivity index is 1.46. The van der Waals surface area contributed by atoms with Crippen molar-refractivity contribution in [1.29, 1.82) is 0 Å². The monoisotopic (exact) mass is 389 g/mol. The fourth-order valence-corrected chi connectivity index (χ4v) is 2.99. The number of carbonyl (C=O) groups is 1. The molecule has 3 aromatic carbocycles. The van der Waals surface area contributed by atoms with E-state index in [2.05, 4.69) is 53.4 Å². The number of benzene rings is 3. The predicted octanol–water partition coefficient (Wildman–Crippen LogP) is 5.29. The SMILES string of the molecule is COC(=O)CCc1ccc(OCc2ccc(CNc3ccccc3C)cc2)cc1. The van der Waals surface area contributed by atoms with Crippen LogP contribution in [-0.2, 0) is 29.1 Å². The van der Waals surface area contributed by atoms with E-state index >= 15 is 0 Å². The molecule has 0 saturated heterocycles. The van der Waals surface area contributed by atoms with E-state index in [9.17, 15) is 4.79 Å². The maximum absolute atomic E-state index is 11.2. The summed E-state index contributed by atoms with van der Waals surface area (Å²) in [6.07, 6.45) is 1.06. The summed E-state index contributed by atoms with van der Waals surface area (Å²) in [5.74, 6) is 0.625. The van der Waals surface area contributed by atoms with Crippen molar-refractivity contribution in [3.63, 3.8) is 0 Å². The van der Waals surface area contributed by atoms with E-state index in [1.54, 1.807) is 0 Å². The van der Waals surface area contributed by atoms with Gasteiger partial charge in [-0.2, -0.15) is 0 Å². The summed E-state index contributed by atoms with van der Waals surface area (Å²) in [7, 11) is 1.41. The van der Waals surface area contributed by atoms with E-state index in [-0.39, 0.29) is 5.97 Å². The van der Waals surface area contributed by atoms with Crippen LogP contribution in [0.3, 0.4) is 0 Å². The molecular formula is C25H27NO3. The molecule has 0 amide bonds. The molecule has 0 saturated carbocycles. The van der Waals surface area contributed by atoms with E-state index in [1.165, 1.54) is 18.2 Å². The average molecular weight is 389 g/mol. The first kappa shape index (κ1) is 20.5. The molecule has 4 nitrogen and oxygen atoms in total. The van der Waals surface area contributed by atoms with E-state index in [1.807, 2.05) is 36.4 Å². The second-order valence-electron chi connectivity index (χ2n) is 6.99. The lowest BCUT2D eigenvalue weighted by Gasteiger charge is -2.10. The number of aryl methyl sites for hydroxylation is 2. The number of rotatable bonds is 9. The number of carbonyl (C=O) groups excluding carboxylic acids is 1. The molecule has 0 unspecified atom stereocenters. The molecule has 0 aliphatic heterocycles. The standard InChI is InChI=1S/C25H27NO3/c1-19-5-3-4-6-24(19)26-17-21-7-9-22(10-8-21)18-29-23-14-11-20(12-15-23)13-16-25(27)28-2/h3-12,14-15,26H,13,16-18H2,1-2H3. The highest BCUT2D eigenvalue weighted by Crippen LogP contribution is 2.17. The van der Waals surface area contributed by atoms with E-state index in [0.717, 1.165) is 29.1 Å². The highest BCUT2D eigenvalue weighted by Gasteiger charge is 2.03. The van der Waals surface area contributed by atoms with Crippen LogP contribution in [0.5, 0.6) is 5.75 Å². The van der Waals surface area contributed by atoms with Crippen molar-refractivity contribution >= 4 is 11.7 Å². The van der Waals surface area contributed by atoms with Gasteiger partial charge < -0.3 is 14.8 Å². The van der Waals surface area contributed by atoms with Crippen LogP contribution in [-0.4, -0.2) is 13.1 Å². The van der Waals surface area contributed by atoms with Crippen molar-refractivity contribution in [3.05, 3.63) is 95.1 Å². The van der Waals surface area contributed by atoms with Gasteiger partial charge in [0.1, 0.15) is 12.4 Å². The fourth-order valence-electron chi connectivity index (χ4n) is 2.99. The van der Waals surface area contributed by atoms with Crippen LogP contribution in [0, 0.1) is 6.92 Å². The van der Waals surface area contributed by atoms with Gasteiger partial charge in [0.05, 0.1) is 7.11 Å². The topological polar surface area (TPSA) is 47.6 Å². The normalized spacial score (nSPS) is 10.4. The first-order valence-corrected chi connectivity index (χ1v) is 9.80. The molecule has 4 heteroatoms. The molecule has 29 heavy (non-hydrogen) atoms. The Bertz CT molecular complexity index is 918. The Morgan fingerprint density at radius 3 is 2.21 bits per heavy atom. The molecule has 0 aliphatic carbocycles. The number of anilines is 1. The van der Waals surface area contributed by atoms with Gasteiger partial charge in [-0.05, 0) is 53.8 Å². The van der Waals surface area contributed by atoms with Crippen molar-refractivity contribution in [2.45, 2.75) is 32.9 Å². The zero-order valence-electron chi connectivity index (χ0n) is 17.0. The van der Waals surface area contributed by atoms with Gasteiger partial charge in [0.15, 0.2) is 0 Å². The molecule has 0 fully saturated rings. The number of nitrogens with one attached hydrogen (secondary N) is 1. The van der Waals surface area contributed by atoms with Gasteiger partial charge in [-0.25, -0.2) is 0 Å². The number of para-hydroxylation sites is 1. The van der Waals surface area contributed by atoms with Gasteiger partial charge in [0.2, 0.25) is 0 Å². The minimum absolute atomic E-state index is 0.192. The highest BCUT2D eigenvalue weighted by molar-refractivity contribution is 5.69. The van der Waals surface area contributed by atoms with Crippen molar-refractivity contribution in [1.82, 2.24) is 0 Å². The third kappa shape index (κ3) is 6.39. The number of hydrogen-bond donors (Lipinski definition) is 1. The Morgan fingerprint density at radius 2 is 1.52 bits per heavy atom. The quantitative estimate of drug-likeness (QED) is 0.505. The van der Waals surface area contributed by atoms with Crippen LogP contribution < -0.4 is 10.1 Å². The van der Waals surface area contributed by atoms with E-state index in [4.69, 9.17) is 4.74 Å². The fraction of sp³-hybridized carbons (Fsp3) is 0.240. The van der Waals surface area contributed by atoms with Gasteiger partial charge in [0.25, 0.3) is 0 Å². The molecule has 0 aliphatic rings. The zero-order chi connectivity index (χ0) is 20.5. The third-order valence-electron chi connectivity index (χ3n) is 4.83. The molecule has 0 aromatic heterocycles. The molecular weight excluding hydrogens is 362 g/mol. The third-order valence-corrected chi connectivity index (χ3v) is 4.83. The van der Waals surface area contributed by atoms with Crippen LogP contribution >= 0.6 is 0 Å². The molecule has 0 radical (unpaired) electrons. The van der Waals surface area contributed by atoms with Crippen molar-refractivity contribution in [3.8, 4) is 5.75 Å². The van der Waals surface area contributed by atoms with Crippen LogP contribution in [0.1, 0.15) is 28.7 Å². The number of esters is 1. The van der Waals surface area contributed by atoms with Crippen molar-refractivity contribution < 1.29 is 14.3 Å². The second-order valence-corrected chi connectivity index (χ2v) is 6.99. The summed E-state index contributed by atoms with van der Waals surface area (Å²) in [6, 6.07) is 24.6. The zero-order valence-corrected chi connectivity index (χ0v) is 17.0. The van der Waals surface area contributed by atoms with Crippen LogP contribution in [0.4, 0.5) is 5.69 Å². The molecule has 0 bridgehead atoms. The molecule has 0 atom stereocenters. The molecule has 0 spiro atoms. The Labute approximate surface area is 172 Å². The van der Waals surface area contributed by atoms with E-state index in [0.29, 0.717) is 19.4 Å². The Morgan fingerprint density at radius 1 is 0.862 bits per heavy atom. The minimum Gasteiger partial charge on any atom is -0.489 e. The number of hydrogen-bond acceptors (Lipinski definition) is 4. The van der Waals surface area contributed by atoms with Crippen molar-refractivity contribution in [2.75, 3.05) is 12.4 Å². The summed E-state index contributed by atoms with van der Waals surface area (Å²) in [4.78, 5) is 11.2. The van der Waals surface area contributed by atoms with Gasteiger partial charge in [-0.3, -0.25) is 4.79 Å². The second kappa shape index (κ2) is 10.3. The molecule has 150 valence electrons. The molecule has 0 heterocycles. The maximum atomic E-state index is 11.2. The average Bonchev–Trinajstić information content (AvgIpc) is 2.77. The van der Waals surface area contributed by atoms with Gasteiger partial charge in [-0.1, -0.05) is 54.6 Å². The summed E-state index contributed by atoms with van der Waals surface area (Å²) in [5.41, 5.74) is 5.85. The van der Waals surface area contributed by atoms with E-state index < -0.39 is 0 Å². The van der Waals surface area contributed by atoms with Crippen LogP contribution in [0.2, 0.25) is 0 Å².